The van der Waals surface area contributed by atoms with Gasteiger partial charge in [-0.25, -0.2) is 0 Å². The fourth-order valence-corrected chi connectivity index (χ4v) is 2.37. The molecule has 0 aliphatic heterocycles. The first-order valence-electron chi connectivity index (χ1n) is 6.26. The van der Waals surface area contributed by atoms with Crippen LogP contribution in [0.2, 0.25) is 0 Å². The number of benzene rings is 1. The number of amides is 1. The van der Waals surface area contributed by atoms with Crippen LogP contribution in [0, 0.1) is 5.41 Å². The maximum atomic E-state index is 11.7. The Balaban J connectivity index is 2.41. The smallest absolute Gasteiger partial charge is 0.311 e. The van der Waals surface area contributed by atoms with Gasteiger partial charge in [0.15, 0.2) is 0 Å². The van der Waals surface area contributed by atoms with Crippen molar-refractivity contribution in [2.24, 2.45) is 5.41 Å². The summed E-state index contributed by atoms with van der Waals surface area (Å²) < 4.78 is 0.992. The second-order valence-electron chi connectivity index (χ2n) is 4.74. The number of carboxylic acid groups (broad SMARTS) is 1. The number of carboxylic acids is 1. The Labute approximate surface area is 131 Å². The van der Waals surface area contributed by atoms with E-state index in [4.69, 9.17) is 5.11 Å². The Kier molecular flexibility index (Phi) is 6.55. The summed E-state index contributed by atoms with van der Waals surface area (Å²) in [5.41, 5.74) is -0.905. The van der Waals surface area contributed by atoms with Crippen molar-refractivity contribution in [2.75, 3.05) is 12.3 Å². The highest BCUT2D eigenvalue weighted by atomic mass is 79.9. The zero-order valence-electron chi connectivity index (χ0n) is 11.5. The van der Waals surface area contributed by atoms with Crippen LogP contribution >= 0.6 is 27.7 Å². The molecule has 1 aromatic carbocycles. The van der Waals surface area contributed by atoms with Gasteiger partial charge in [-0.15, -0.1) is 11.8 Å². The molecule has 0 fully saturated rings. The Hall–Kier alpha value is -1.01. The number of carbonyl (C=O) groups excluding carboxylic acids is 1. The van der Waals surface area contributed by atoms with Crippen LogP contribution < -0.4 is 5.32 Å². The third-order valence-electron chi connectivity index (χ3n) is 3.16. The lowest BCUT2D eigenvalue weighted by molar-refractivity contribution is -0.148. The third kappa shape index (κ3) is 5.17. The number of hydrogen-bond donors (Lipinski definition) is 2. The highest BCUT2D eigenvalue weighted by molar-refractivity contribution is 9.10. The van der Waals surface area contributed by atoms with Gasteiger partial charge in [-0.3, -0.25) is 9.59 Å². The first kappa shape index (κ1) is 17.0. The van der Waals surface area contributed by atoms with Crippen LogP contribution in [-0.2, 0) is 9.59 Å². The number of nitrogens with one attached hydrogen (secondary N) is 1. The lowest BCUT2D eigenvalue weighted by Gasteiger charge is -2.23. The molecule has 1 atom stereocenters. The molecule has 0 heterocycles. The van der Waals surface area contributed by atoms with E-state index in [0.717, 1.165) is 9.37 Å². The van der Waals surface area contributed by atoms with Crippen molar-refractivity contribution in [2.45, 2.75) is 25.2 Å². The van der Waals surface area contributed by atoms with Crippen molar-refractivity contribution in [3.63, 3.8) is 0 Å². The molecule has 110 valence electrons. The minimum Gasteiger partial charge on any atom is -0.481 e. The van der Waals surface area contributed by atoms with Gasteiger partial charge in [-0.05, 0) is 37.6 Å². The predicted octanol–water partition coefficient (Wildman–Crippen LogP) is 3.16. The molecule has 4 nitrogen and oxygen atoms in total. The summed E-state index contributed by atoms with van der Waals surface area (Å²) in [7, 11) is 0. The van der Waals surface area contributed by atoms with E-state index in [1.165, 1.54) is 11.8 Å². The van der Waals surface area contributed by atoms with E-state index in [2.05, 4.69) is 21.2 Å². The topological polar surface area (TPSA) is 66.4 Å². The fraction of sp³-hybridized carbons (Fsp3) is 0.429. The van der Waals surface area contributed by atoms with Gasteiger partial charge in [0.2, 0.25) is 5.91 Å². The standard InChI is InChI=1S/C14H18BrNO3S/c1-3-14(2,13(18)19)9-16-12(17)8-20-11-6-4-10(15)5-7-11/h4-7H,3,8-9H2,1-2H3,(H,16,17)(H,18,19). The molecule has 0 aliphatic carbocycles. The zero-order chi connectivity index (χ0) is 15.2. The van der Waals surface area contributed by atoms with Crippen molar-refractivity contribution >= 4 is 39.6 Å². The number of aliphatic carboxylic acids is 1. The van der Waals surface area contributed by atoms with Crippen molar-refractivity contribution in [3.05, 3.63) is 28.7 Å². The maximum Gasteiger partial charge on any atom is 0.311 e. The molecule has 0 bridgehead atoms. The molecule has 0 spiro atoms. The second kappa shape index (κ2) is 7.69. The molecule has 20 heavy (non-hydrogen) atoms. The fourth-order valence-electron chi connectivity index (χ4n) is 1.38. The van der Waals surface area contributed by atoms with Crippen LogP contribution in [0.1, 0.15) is 20.3 Å². The molecule has 1 unspecified atom stereocenters. The van der Waals surface area contributed by atoms with Crippen LogP contribution in [0.3, 0.4) is 0 Å². The van der Waals surface area contributed by atoms with E-state index in [0.29, 0.717) is 6.42 Å². The first-order chi connectivity index (χ1) is 9.37. The zero-order valence-corrected chi connectivity index (χ0v) is 13.9. The van der Waals surface area contributed by atoms with E-state index in [-0.39, 0.29) is 18.2 Å². The van der Waals surface area contributed by atoms with Gasteiger partial charge >= 0.3 is 5.97 Å². The van der Waals surface area contributed by atoms with Crippen LogP contribution in [0.25, 0.3) is 0 Å². The molecule has 2 N–H and O–H groups in total. The van der Waals surface area contributed by atoms with Gasteiger partial charge in [0, 0.05) is 15.9 Å². The molecule has 0 aliphatic rings. The predicted molar refractivity (Wildman–Crippen MR) is 83.9 cm³/mol. The van der Waals surface area contributed by atoms with Gasteiger partial charge in [-0.2, -0.15) is 0 Å². The highest BCUT2D eigenvalue weighted by Crippen LogP contribution is 2.22. The van der Waals surface area contributed by atoms with Gasteiger partial charge in [0.25, 0.3) is 0 Å². The number of halogens is 1. The van der Waals surface area contributed by atoms with Gasteiger partial charge in [-0.1, -0.05) is 22.9 Å². The van der Waals surface area contributed by atoms with Crippen LogP contribution in [-0.4, -0.2) is 29.3 Å². The average Bonchev–Trinajstić information content (AvgIpc) is 2.43. The van der Waals surface area contributed by atoms with E-state index < -0.39 is 11.4 Å². The summed E-state index contributed by atoms with van der Waals surface area (Å²) in [6.45, 7) is 3.59. The summed E-state index contributed by atoms with van der Waals surface area (Å²) in [5, 5.41) is 11.8. The minimum atomic E-state index is -0.905. The summed E-state index contributed by atoms with van der Waals surface area (Å²) in [4.78, 5) is 23.8. The molecule has 1 amide bonds. The molecule has 0 aromatic heterocycles. The molecule has 6 heteroatoms. The first-order valence-corrected chi connectivity index (χ1v) is 8.03. The van der Waals surface area contributed by atoms with Crippen LogP contribution in [0.4, 0.5) is 0 Å². The molecule has 1 aromatic rings. The van der Waals surface area contributed by atoms with Gasteiger partial charge in [0.1, 0.15) is 0 Å². The van der Waals surface area contributed by atoms with E-state index in [1.54, 1.807) is 13.8 Å². The molecule has 0 saturated carbocycles. The van der Waals surface area contributed by atoms with Gasteiger partial charge in [0.05, 0.1) is 11.2 Å². The summed E-state index contributed by atoms with van der Waals surface area (Å²) in [5.74, 6) is -0.763. The largest absolute Gasteiger partial charge is 0.481 e. The number of rotatable bonds is 7. The monoisotopic (exact) mass is 359 g/mol. The molecule has 1 rings (SSSR count). The van der Waals surface area contributed by atoms with Crippen molar-refractivity contribution < 1.29 is 14.7 Å². The summed E-state index contributed by atoms with van der Waals surface area (Å²) in [6.07, 6.45) is 0.475. The molecule has 0 saturated heterocycles. The SMILES string of the molecule is CCC(C)(CNC(=O)CSc1ccc(Br)cc1)C(=O)O. The normalized spacial score (nSPS) is 13.6. The highest BCUT2D eigenvalue weighted by Gasteiger charge is 2.31. The van der Waals surface area contributed by atoms with Crippen molar-refractivity contribution in [1.82, 2.24) is 5.32 Å². The number of hydrogen-bond acceptors (Lipinski definition) is 3. The Morgan fingerprint density at radius 2 is 1.95 bits per heavy atom. The third-order valence-corrected chi connectivity index (χ3v) is 4.70. The Morgan fingerprint density at radius 1 is 1.35 bits per heavy atom. The minimum absolute atomic E-state index is 0.151. The quantitative estimate of drug-likeness (QED) is 0.733. The Morgan fingerprint density at radius 3 is 2.45 bits per heavy atom. The lowest BCUT2D eigenvalue weighted by Crippen LogP contribution is -2.41. The number of thioether (sulfide) groups is 1. The lowest BCUT2D eigenvalue weighted by atomic mass is 9.88. The van der Waals surface area contributed by atoms with Crippen molar-refractivity contribution in [3.8, 4) is 0 Å². The molecular formula is C14H18BrNO3S. The maximum absolute atomic E-state index is 11.7. The summed E-state index contributed by atoms with van der Waals surface area (Å²) in [6, 6.07) is 7.68. The van der Waals surface area contributed by atoms with E-state index in [9.17, 15) is 9.59 Å². The number of carbonyl (C=O) groups is 2. The van der Waals surface area contributed by atoms with Crippen LogP contribution in [0.5, 0.6) is 0 Å². The van der Waals surface area contributed by atoms with Crippen LogP contribution in [0.15, 0.2) is 33.6 Å². The molecule has 0 radical (unpaired) electrons. The average molecular weight is 360 g/mol. The van der Waals surface area contributed by atoms with E-state index in [1.807, 2.05) is 24.3 Å². The van der Waals surface area contributed by atoms with E-state index >= 15 is 0 Å². The summed E-state index contributed by atoms with van der Waals surface area (Å²) >= 11 is 4.77. The van der Waals surface area contributed by atoms with Crippen molar-refractivity contribution in [1.29, 1.82) is 0 Å². The Bertz CT molecular complexity index is 478. The van der Waals surface area contributed by atoms with Gasteiger partial charge < -0.3 is 10.4 Å². The second-order valence-corrected chi connectivity index (χ2v) is 6.70. The molecular weight excluding hydrogens is 342 g/mol.